The lowest BCUT2D eigenvalue weighted by atomic mass is 10.2. The van der Waals surface area contributed by atoms with Gasteiger partial charge < -0.3 is 19.0 Å². The number of ether oxygens (including phenoxy) is 1. The fourth-order valence-corrected chi connectivity index (χ4v) is 3.19. The van der Waals surface area contributed by atoms with Crippen LogP contribution >= 0.6 is 11.8 Å². The summed E-state index contributed by atoms with van der Waals surface area (Å²) in [5.74, 6) is 2.15. The fourth-order valence-electron chi connectivity index (χ4n) is 2.35. The van der Waals surface area contributed by atoms with Gasteiger partial charge in [0.2, 0.25) is 5.91 Å². The van der Waals surface area contributed by atoms with Gasteiger partial charge in [0.15, 0.2) is 11.0 Å². The molecule has 0 spiro atoms. The molecule has 0 aliphatic heterocycles. The zero-order chi connectivity index (χ0) is 18.5. The third-order valence-corrected chi connectivity index (χ3v) is 4.99. The predicted molar refractivity (Wildman–Crippen MR) is 98.9 cm³/mol. The average molecular weight is 372 g/mol. The summed E-state index contributed by atoms with van der Waals surface area (Å²) in [6, 6.07) is 11.2. The number of nitrogens with zero attached hydrogens (tertiary/aromatic N) is 3. The molecule has 7 nitrogen and oxygen atoms in total. The van der Waals surface area contributed by atoms with Crippen LogP contribution in [0.5, 0.6) is 5.75 Å². The number of rotatable bonds is 7. The number of benzene rings is 1. The number of methoxy groups -OCH3 is 1. The standard InChI is InChI=1S/C18H20N4O3S/c1-12(17(23)19-11-15-5-4-10-25-15)26-18-21-20-16(22(18)2)13-6-8-14(24-3)9-7-13/h4-10,12H,11H2,1-3H3,(H,19,23)/t12-/m0/s1. The van der Waals surface area contributed by atoms with Gasteiger partial charge in [0.1, 0.15) is 11.5 Å². The van der Waals surface area contributed by atoms with Crippen LogP contribution in [0.1, 0.15) is 12.7 Å². The number of nitrogens with one attached hydrogen (secondary N) is 1. The van der Waals surface area contributed by atoms with E-state index in [1.165, 1.54) is 11.8 Å². The van der Waals surface area contributed by atoms with Crippen molar-refractivity contribution in [3.63, 3.8) is 0 Å². The quantitative estimate of drug-likeness (QED) is 0.642. The first-order valence-corrected chi connectivity index (χ1v) is 8.97. The summed E-state index contributed by atoms with van der Waals surface area (Å²) >= 11 is 1.36. The van der Waals surface area contributed by atoms with Crippen molar-refractivity contribution in [2.45, 2.75) is 23.9 Å². The highest BCUT2D eigenvalue weighted by molar-refractivity contribution is 8.00. The Kier molecular flexibility index (Phi) is 5.62. The first kappa shape index (κ1) is 18.1. The molecule has 0 saturated heterocycles. The normalized spacial score (nSPS) is 12.0. The Morgan fingerprint density at radius 1 is 1.31 bits per heavy atom. The smallest absolute Gasteiger partial charge is 0.233 e. The molecule has 0 aliphatic rings. The van der Waals surface area contributed by atoms with Gasteiger partial charge in [0.05, 0.1) is 25.2 Å². The average Bonchev–Trinajstić information content (AvgIpc) is 3.30. The Labute approximate surface area is 155 Å². The number of carbonyl (C=O) groups excluding carboxylic acids is 1. The van der Waals surface area contributed by atoms with E-state index >= 15 is 0 Å². The largest absolute Gasteiger partial charge is 0.497 e. The molecule has 2 aromatic heterocycles. The molecule has 2 heterocycles. The summed E-state index contributed by atoms with van der Waals surface area (Å²) in [5.41, 5.74) is 0.933. The van der Waals surface area contributed by atoms with E-state index in [2.05, 4.69) is 15.5 Å². The van der Waals surface area contributed by atoms with Crippen LogP contribution < -0.4 is 10.1 Å². The van der Waals surface area contributed by atoms with E-state index < -0.39 is 0 Å². The first-order chi connectivity index (χ1) is 12.6. The lowest BCUT2D eigenvalue weighted by Crippen LogP contribution is -2.30. The zero-order valence-corrected chi connectivity index (χ0v) is 15.6. The van der Waals surface area contributed by atoms with Crippen molar-refractivity contribution in [1.82, 2.24) is 20.1 Å². The van der Waals surface area contributed by atoms with Crippen molar-refractivity contribution in [1.29, 1.82) is 0 Å². The van der Waals surface area contributed by atoms with E-state index in [1.54, 1.807) is 19.4 Å². The molecule has 1 atom stereocenters. The van der Waals surface area contributed by atoms with Gasteiger partial charge in [0, 0.05) is 12.6 Å². The second-order valence-corrected chi connectivity index (χ2v) is 6.96. The molecular formula is C18H20N4O3S. The molecule has 0 aliphatic carbocycles. The van der Waals surface area contributed by atoms with Crippen molar-refractivity contribution < 1.29 is 13.9 Å². The van der Waals surface area contributed by atoms with Gasteiger partial charge in [-0.25, -0.2) is 0 Å². The molecule has 1 aromatic carbocycles. The number of hydrogen-bond acceptors (Lipinski definition) is 6. The third kappa shape index (κ3) is 4.08. The molecule has 26 heavy (non-hydrogen) atoms. The molecule has 1 N–H and O–H groups in total. The topological polar surface area (TPSA) is 82.2 Å². The molecule has 3 aromatic rings. The molecule has 136 valence electrons. The highest BCUT2D eigenvalue weighted by Crippen LogP contribution is 2.26. The Morgan fingerprint density at radius 2 is 2.08 bits per heavy atom. The maximum atomic E-state index is 12.3. The monoisotopic (exact) mass is 372 g/mol. The van der Waals surface area contributed by atoms with Gasteiger partial charge in [0.25, 0.3) is 0 Å². The molecule has 3 rings (SSSR count). The molecule has 0 bridgehead atoms. The fraction of sp³-hybridized carbons (Fsp3) is 0.278. The van der Waals surface area contributed by atoms with Gasteiger partial charge in [-0.05, 0) is 43.3 Å². The van der Waals surface area contributed by atoms with Crippen LogP contribution in [0.4, 0.5) is 0 Å². The number of thioether (sulfide) groups is 1. The Morgan fingerprint density at radius 3 is 2.73 bits per heavy atom. The highest BCUT2D eigenvalue weighted by atomic mass is 32.2. The summed E-state index contributed by atoms with van der Waals surface area (Å²) in [6.07, 6.45) is 1.58. The summed E-state index contributed by atoms with van der Waals surface area (Å²) < 4.78 is 12.3. The van der Waals surface area contributed by atoms with E-state index in [1.807, 2.05) is 48.9 Å². The molecule has 0 radical (unpaired) electrons. The minimum absolute atomic E-state index is 0.0830. The van der Waals surface area contributed by atoms with Crippen molar-refractivity contribution in [3.8, 4) is 17.1 Å². The van der Waals surface area contributed by atoms with E-state index in [0.29, 0.717) is 11.7 Å². The summed E-state index contributed by atoms with van der Waals surface area (Å²) in [5, 5.41) is 11.7. The maximum absolute atomic E-state index is 12.3. The molecule has 1 amide bonds. The molecule has 0 saturated carbocycles. The van der Waals surface area contributed by atoms with Crippen LogP contribution in [0.3, 0.4) is 0 Å². The number of carbonyl (C=O) groups is 1. The Hall–Kier alpha value is -2.74. The third-order valence-electron chi connectivity index (χ3n) is 3.85. The summed E-state index contributed by atoms with van der Waals surface area (Å²) in [7, 11) is 3.51. The van der Waals surface area contributed by atoms with Crippen LogP contribution in [0.15, 0.2) is 52.2 Å². The number of amides is 1. The molecule has 0 unspecified atom stereocenters. The van der Waals surface area contributed by atoms with Crippen LogP contribution in [0.25, 0.3) is 11.4 Å². The lowest BCUT2D eigenvalue weighted by molar-refractivity contribution is -0.120. The summed E-state index contributed by atoms with van der Waals surface area (Å²) in [4.78, 5) is 12.3. The van der Waals surface area contributed by atoms with Gasteiger partial charge in [-0.15, -0.1) is 10.2 Å². The predicted octanol–water partition coefficient (Wildman–Crippen LogP) is 2.88. The van der Waals surface area contributed by atoms with Gasteiger partial charge >= 0.3 is 0 Å². The maximum Gasteiger partial charge on any atom is 0.233 e. The molecule has 0 fully saturated rings. The van der Waals surface area contributed by atoms with Gasteiger partial charge in [-0.1, -0.05) is 11.8 Å². The van der Waals surface area contributed by atoms with Crippen molar-refractivity contribution in [3.05, 3.63) is 48.4 Å². The minimum Gasteiger partial charge on any atom is -0.497 e. The number of aromatic nitrogens is 3. The van der Waals surface area contributed by atoms with Gasteiger partial charge in [-0.2, -0.15) is 0 Å². The van der Waals surface area contributed by atoms with Crippen molar-refractivity contribution in [2.24, 2.45) is 7.05 Å². The SMILES string of the molecule is COc1ccc(-c2nnc(S[C@@H](C)C(=O)NCc3ccco3)n2C)cc1. The highest BCUT2D eigenvalue weighted by Gasteiger charge is 2.19. The van der Waals surface area contributed by atoms with Crippen LogP contribution in [-0.4, -0.2) is 33.0 Å². The number of hydrogen-bond donors (Lipinski definition) is 1. The minimum atomic E-state index is -0.309. The van der Waals surface area contributed by atoms with E-state index in [0.717, 1.165) is 22.9 Å². The zero-order valence-electron chi connectivity index (χ0n) is 14.8. The number of furan rings is 1. The van der Waals surface area contributed by atoms with E-state index in [4.69, 9.17) is 9.15 Å². The first-order valence-electron chi connectivity index (χ1n) is 8.09. The van der Waals surface area contributed by atoms with Crippen LogP contribution in [-0.2, 0) is 18.4 Å². The Balaban J connectivity index is 1.64. The Bertz CT molecular complexity index is 859. The van der Waals surface area contributed by atoms with E-state index in [9.17, 15) is 4.79 Å². The van der Waals surface area contributed by atoms with Crippen LogP contribution in [0.2, 0.25) is 0 Å². The second kappa shape index (κ2) is 8.09. The van der Waals surface area contributed by atoms with Gasteiger partial charge in [-0.3, -0.25) is 4.79 Å². The lowest BCUT2D eigenvalue weighted by Gasteiger charge is -2.11. The van der Waals surface area contributed by atoms with Crippen molar-refractivity contribution >= 4 is 17.7 Å². The molecule has 8 heteroatoms. The molecular weight excluding hydrogens is 352 g/mol. The summed E-state index contributed by atoms with van der Waals surface area (Å²) in [6.45, 7) is 2.20. The van der Waals surface area contributed by atoms with Crippen LogP contribution in [0, 0.1) is 0 Å². The van der Waals surface area contributed by atoms with E-state index in [-0.39, 0.29) is 11.2 Å². The second-order valence-electron chi connectivity index (χ2n) is 5.65. The van der Waals surface area contributed by atoms with Crippen molar-refractivity contribution in [2.75, 3.05) is 7.11 Å².